The van der Waals surface area contributed by atoms with Gasteiger partial charge in [0.1, 0.15) is 5.69 Å². The summed E-state index contributed by atoms with van der Waals surface area (Å²) in [7, 11) is 0. The van der Waals surface area contributed by atoms with Gasteiger partial charge in [-0.15, -0.1) is 0 Å². The van der Waals surface area contributed by atoms with Gasteiger partial charge in [0.2, 0.25) is 0 Å². The van der Waals surface area contributed by atoms with Crippen molar-refractivity contribution in [3.05, 3.63) is 92.5 Å². The highest BCUT2D eigenvalue weighted by atomic mass is 35.5. The molecule has 11 nitrogen and oxygen atoms in total. The number of rotatable bonds is 9. The average molecular weight is 647 g/mol. The maximum absolute atomic E-state index is 13.1. The Morgan fingerprint density at radius 2 is 1.42 bits per heavy atom. The summed E-state index contributed by atoms with van der Waals surface area (Å²) in [6.45, 7) is 2.02. The van der Waals surface area contributed by atoms with Crippen LogP contribution in [0.2, 0.25) is 10.0 Å². The van der Waals surface area contributed by atoms with Crippen LogP contribution in [-0.2, 0) is 6.54 Å². The molecule has 2 fully saturated rings. The van der Waals surface area contributed by atoms with E-state index in [0.29, 0.717) is 27.9 Å². The number of carbonyl (C=O) groups is 3. The lowest BCUT2D eigenvalue weighted by atomic mass is 9.97. The summed E-state index contributed by atoms with van der Waals surface area (Å²) in [5, 5.41) is 15.9. The predicted octanol–water partition coefficient (Wildman–Crippen LogP) is 5.73. The lowest BCUT2D eigenvalue weighted by Gasteiger charge is -2.14. The fraction of sp³-hybridized carbons (Fsp3) is 0.250. The molecule has 2 aliphatic carbocycles. The number of amides is 4. The van der Waals surface area contributed by atoms with Crippen LogP contribution in [0.4, 0.5) is 16.2 Å². The minimum absolute atomic E-state index is 0.0103. The molecule has 0 spiro atoms. The molecular weight excluding hydrogens is 617 g/mol. The number of pyridine rings is 1. The molecule has 4 N–H and O–H groups in total. The quantitative estimate of drug-likeness (QED) is 0.183. The van der Waals surface area contributed by atoms with E-state index in [-0.39, 0.29) is 51.9 Å². The molecule has 0 radical (unpaired) electrons. The van der Waals surface area contributed by atoms with Crippen molar-refractivity contribution in [2.24, 2.45) is 0 Å². The number of carbonyl (C=O) groups excluding carboxylic acids is 3. The Morgan fingerprint density at radius 1 is 0.822 bits per heavy atom. The van der Waals surface area contributed by atoms with Crippen LogP contribution in [0.5, 0.6) is 0 Å². The number of aromatic nitrogens is 3. The first kappa shape index (κ1) is 30.3. The van der Waals surface area contributed by atoms with Gasteiger partial charge in [-0.3, -0.25) is 19.4 Å². The van der Waals surface area contributed by atoms with Gasteiger partial charge in [-0.25, -0.2) is 9.48 Å². The van der Waals surface area contributed by atoms with E-state index in [2.05, 4.69) is 31.3 Å². The minimum atomic E-state index is -0.728. The molecule has 0 bridgehead atoms. The van der Waals surface area contributed by atoms with Gasteiger partial charge in [-0.2, -0.15) is 5.10 Å². The van der Waals surface area contributed by atoms with Crippen LogP contribution < -0.4 is 26.8 Å². The fourth-order valence-corrected chi connectivity index (χ4v) is 5.15. The van der Waals surface area contributed by atoms with Crippen molar-refractivity contribution in [1.29, 1.82) is 0 Å². The molecule has 2 aromatic heterocycles. The van der Waals surface area contributed by atoms with E-state index in [1.807, 2.05) is 24.3 Å². The molecule has 13 heteroatoms. The van der Waals surface area contributed by atoms with Gasteiger partial charge in [0.25, 0.3) is 17.4 Å². The number of nitrogens with zero attached hydrogens (tertiary/aromatic N) is 3. The van der Waals surface area contributed by atoms with Gasteiger partial charge in [0.05, 0.1) is 21.4 Å². The van der Waals surface area contributed by atoms with Crippen molar-refractivity contribution in [1.82, 2.24) is 25.4 Å². The third kappa shape index (κ3) is 7.16. The summed E-state index contributed by atoms with van der Waals surface area (Å²) >= 11 is 12.2. The Kier molecular flexibility index (Phi) is 8.55. The number of urea groups is 1. The van der Waals surface area contributed by atoms with Crippen molar-refractivity contribution in [3.8, 4) is 22.4 Å². The summed E-state index contributed by atoms with van der Waals surface area (Å²) in [6, 6.07) is 13.6. The smallest absolute Gasteiger partial charge is 0.323 e. The Balaban J connectivity index is 1.32. The topological polar surface area (TPSA) is 147 Å². The third-order valence-corrected chi connectivity index (χ3v) is 7.96. The van der Waals surface area contributed by atoms with Crippen molar-refractivity contribution < 1.29 is 14.4 Å². The number of anilines is 2. The van der Waals surface area contributed by atoms with Crippen molar-refractivity contribution in [3.63, 3.8) is 0 Å². The van der Waals surface area contributed by atoms with Gasteiger partial charge < -0.3 is 21.3 Å². The molecule has 6 rings (SSSR count). The SMILES string of the molecule is CCn1nc(-c2cccc(-c3cc(C(=O)NC4CC4)cc(C(=O)NC4CC4)c3)c2)cc(NC(=O)Nc2c(Cl)cncc2Cl)c1=O. The maximum Gasteiger partial charge on any atom is 0.323 e. The van der Waals surface area contributed by atoms with Crippen LogP contribution >= 0.6 is 23.2 Å². The lowest BCUT2D eigenvalue weighted by molar-refractivity contribution is 0.0950. The molecule has 0 saturated heterocycles. The monoisotopic (exact) mass is 645 g/mol. The number of halogens is 2. The first-order valence-corrected chi connectivity index (χ1v) is 15.3. The zero-order valence-electron chi connectivity index (χ0n) is 24.2. The Morgan fingerprint density at radius 3 is 2.00 bits per heavy atom. The highest BCUT2D eigenvalue weighted by Crippen LogP contribution is 2.30. The number of benzene rings is 2. The fourth-order valence-electron chi connectivity index (χ4n) is 4.69. The molecule has 4 aromatic rings. The Hall–Kier alpha value is -4.74. The van der Waals surface area contributed by atoms with Crippen LogP contribution in [0.25, 0.3) is 22.4 Å². The highest BCUT2D eigenvalue weighted by Gasteiger charge is 2.27. The van der Waals surface area contributed by atoms with Crippen LogP contribution in [0.15, 0.2) is 65.7 Å². The lowest BCUT2D eigenvalue weighted by Crippen LogP contribution is -2.29. The van der Waals surface area contributed by atoms with E-state index in [1.165, 1.54) is 23.1 Å². The Labute approximate surface area is 268 Å². The number of nitrogens with one attached hydrogen (secondary N) is 4. The molecule has 2 aliphatic rings. The van der Waals surface area contributed by atoms with Crippen LogP contribution in [0.3, 0.4) is 0 Å². The second-order valence-electron chi connectivity index (χ2n) is 11.0. The number of aryl methyl sites for hydroxylation is 1. The van der Waals surface area contributed by atoms with Gasteiger partial charge in [0.15, 0.2) is 0 Å². The molecular formula is C32H29Cl2N7O4. The van der Waals surface area contributed by atoms with E-state index in [9.17, 15) is 19.2 Å². The van der Waals surface area contributed by atoms with Gasteiger partial charge >= 0.3 is 6.03 Å². The van der Waals surface area contributed by atoms with Gasteiger partial charge in [0, 0.05) is 47.7 Å². The van der Waals surface area contributed by atoms with Gasteiger partial charge in [-0.05, 0) is 74.1 Å². The molecule has 2 aromatic carbocycles. The van der Waals surface area contributed by atoms with Gasteiger partial charge in [-0.1, -0.05) is 41.4 Å². The summed E-state index contributed by atoms with van der Waals surface area (Å²) in [5.41, 5.74) is 2.92. The van der Waals surface area contributed by atoms with Crippen molar-refractivity contribution in [2.75, 3.05) is 10.6 Å². The van der Waals surface area contributed by atoms with Crippen LogP contribution in [-0.4, -0.2) is 44.7 Å². The van der Waals surface area contributed by atoms with Crippen molar-refractivity contribution in [2.45, 2.75) is 51.2 Å². The average Bonchev–Trinajstić information content (AvgIpc) is 3.98. The van der Waals surface area contributed by atoms with E-state index in [1.54, 1.807) is 25.1 Å². The second-order valence-corrected chi connectivity index (χ2v) is 11.8. The summed E-state index contributed by atoms with van der Waals surface area (Å²) in [5.74, 6) is -0.452. The molecule has 0 aliphatic heterocycles. The number of hydrogen-bond donors (Lipinski definition) is 4. The third-order valence-electron chi connectivity index (χ3n) is 7.39. The zero-order valence-corrected chi connectivity index (χ0v) is 25.7. The van der Waals surface area contributed by atoms with Crippen LogP contribution in [0, 0.1) is 0 Å². The molecule has 0 unspecified atom stereocenters. The number of hydrogen-bond acceptors (Lipinski definition) is 6. The largest absolute Gasteiger partial charge is 0.349 e. The van der Waals surface area contributed by atoms with E-state index < -0.39 is 11.6 Å². The first-order valence-electron chi connectivity index (χ1n) is 14.5. The van der Waals surface area contributed by atoms with E-state index in [0.717, 1.165) is 31.2 Å². The molecule has 2 heterocycles. The molecule has 45 heavy (non-hydrogen) atoms. The standard InChI is InChI=1S/C32H29Cl2N7O4/c1-2-41-31(44)27(38-32(45)39-28-24(33)15-35-16-25(28)34)14-26(40-41)18-5-3-4-17(10-18)19-11-20(29(42)36-22-6-7-22)13-21(12-19)30(43)37-23-8-9-23/h3-5,10-16,22-23H,2,6-9H2,1H3,(H,36,42)(H,37,43)(H2,35,38,39,45). The summed E-state index contributed by atoms with van der Waals surface area (Å²) < 4.78 is 1.24. The van der Waals surface area contributed by atoms with E-state index >= 15 is 0 Å². The maximum atomic E-state index is 13.1. The molecule has 2 saturated carbocycles. The molecule has 230 valence electrons. The highest BCUT2D eigenvalue weighted by molar-refractivity contribution is 6.39. The zero-order chi connectivity index (χ0) is 31.7. The normalized spacial score (nSPS) is 14.0. The predicted molar refractivity (Wildman–Crippen MR) is 173 cm³/mol. The summed E-state index contributed by atoms with van der Waals surface area (Å²) in [6.07, 6.45) is 6.45. The molecule has 0 atom stereocenters. The first-order chi connectivity index (χ1) is 21.7. The Bertz CT molecular complexity index is 1820. The van der Waals surface area contributed by atoms with E-state index in [4.69, 9.17) is 23.2 Å². The second kappa shape index (κ2) is 12.7. The summed E-state index contributed by atoms with van der Waals surface area (Å²) in [4.78, 5) is 55.8. The molecule has 4 amide bonds. The minimum Gasteiger partial charge on any atom is -0.349 e. The van der Waals surface area contributed by atoms with Crippen LogP contribution in [0.1, 0.15) is 53.3 Å². The van der Waals surface area contributed by atoms with Crippen molar-refractivity contribution >= 4 is 52.4 Å².